The molecule has 0 saturated heterocycles. The van der Waals surface area contributed by atoms with Gasteiger partial charge in [-0.15, -0.1) is 11.3 Å². The second kappa shape index (κ2) is 6.52. The molecule has 0 atom stereocenters. The van der Waals surface area contributed by atoms with Gasteiger partial charge in [0.05, 0.1) is 15.5 Å². The summed E-state index contributed by atoms with van der Waals surface area (Å²) in [6.07, 6.45) is 0.939. The smallest absolute Gasteiger partial charge is 0.271 e. The first kappa shape index (κ1) is 16.3. The SMILES string of the molecule is Cc1ccc(C(=O)CCC(=O)N2CCc3ccc([N+](=O)[O-])cc32)s1. The van der Waals surface area contributed by atoms with Crippen molar-refractivity contribution in [1.82, 2.24) is 0 Å². The molecule has 1 amide bonds. The normalized spacial score (nSPS) is 13.0. The van der Waals surface area contributed by atoms with Gasteiger partial charge in [0.25, 0.3) is 5.69 Å². The summed E-state index contributed by atoms with van der Waals surface area (Å²) in [5.74, 6) is -0.212. The van der Waals surface area contributed by atoms with Crippen molar-refractivity contribution in [1.29, 1.82) is 0 Å². The van der Waals surface area contributed by atoms with Crippen LogP contribution in [-0.4, -0.2) is 23.2 Å². The van der Waals surface area contributed by atoms with Crippen LogP contribution in [0, 0.1) is 17.0 Å². The summed E-state index contributed by atoms with van der Waals surface area (Å²) in [5, 5.41) is 10.9. The van der Waals surface area contributed by atoms with Gasteiger partial charge in [-0.2, -0.15) is 0 Å². The Bertz CT molecular complexity index is 828. The lowest BCUT2D eigenvalue weighted by atomic mass is 10.1. The second-order valence-electron chi connectivity index (χ2n) is 5.70. The van der Waals surface area contributed by atoms with Crippen molar-refractivity contribution in [3.63, 3.8) is 0 Å². The van der Waals surface area contributed by atoms with Gasteiger partial charge < -0.3 is 4.90 Å². The van der Waals surface area contributed by atoms with Gasteiger partial charge in [-0.1, -0.05) is 6.07 Å². The monoisotopic (exact) mass is 344 g/mol. The molecular formula is C17H16N2O4S. The van der Waals surface area contributed by atoms with Crippen LogP contribution in [0.2, 0.25) is 0 Å². The fourth-order valence-electron chi connectivity index (χ4n) is 2.80. The summed E-state index contributed by atoms with van der Waals surface area (Å²) in [5.41, 5.74) is 1.49. The lowest BCUT2D eigenvalue weighted by Gasteiger charge is -2.16. The Hall–Kier alpha value is -2.54. The summed E-state index contributed by atoms with van der Waals surface area (Å²) in [6, 6.07) is 8.25. The zero-order chi connectivity index (χ0) is 17.3. The Balaban J connectivity index is 1.68. The number of amides is 1. The quantitative estimate of drug-likeness (QED) is 0.472. The minimum Gasteiger partial charge on any atom is -0.312 e. The molecule has 6 nitrogen and oxygen atoms in total. The van der Waals surface area contributed by atoms with Crippen molar-refractivity contribution in [3.05, 3.63) is 55.8 Å². The maximum absolute atomic E-state index is 12.4. The molecule has 0 spiro atoms. The molecule has 3 rings (SSSR count). The highest BCUT2D eigenvalue weighted by atomic mass is 32.1. The molecular weight excluding hydrogens is 328 g/mol. The molecule has 2 aromatic rings. The summed E-state index contributed by atoms with van der Waals surface area (Å²) >= 11 is 1.42. The first-order valence-corrected chi connectivity index (χ1v) is 8.44. The molecule has 0 saturated carbocycles. The average Bonchev–Trinajstić information content (AvgIpc) is 3.17. The Labute approximate surface area is 142 Å². The minimum atomic E-state index is -0.468. The van der Waals surface area contributed by atoms with E-state index in [1.165, 1.54) is 23.5 Å². The lowest BCUT2D eigenvalue weighted by molar-refractivity contribution is -0.384. The van der Waals surface area contributed by atoms with E-state index in [1.807, 2.05) is 13.0 Å². The van der Waals surface area contributed by atoms with E-state index in [0.717, 1.165) is 10.4 Å². The first-order chi connectivity index (χ1) is 11.5. The number of thiophene rings is 1. The third kappa shape index (κ3) is 3.21. The molecule has 7 heteroatoms. The molecule has 1 aliphatic heterocycles. The Morgan fingerprint density at radius 1 is 1.25 bits per heavy atom. The van der Waals surface area contributed by atoms with Gasteiger partial charge in [-0.3, -0.25) is 19.7 Å². The van der Waals surface area contributed by atoms with Crippen LogP contribution in [-0.2, 0) is 11.2 Å². The highest BCUT2D eigenvalue weighted by molar-refractivity contribution is 7.14. The lowest BCUT2D eigenvalue weighted by Crippen LogP contribution is -2.29. The molecule has 1 aromatic heterocycles. The van der Waals surface area contributed by atoms with E-state index in [0.29, 0.717) is 23.5 Å². The van der Waals surface area contributed by atoms with Crippen molar-refractivity contribution < 1.29 is 14.5 Å². The molecule has 0 N–H and O–H groups in total. The van der Waals surface area contributed by atoms with Crippen LogP contribution in [0.3, 0.4) is 0 Å². The number of hydrogen-bond acceptors (Lipinski definition) is 5. The van der Waals surface area contributed by atoms with Crippen LogP contribution in [0.1, 0.15) is 33.0 Å². The van der Waals surface area contributed by atoms with E-state index in [-0.39, 0.29) is 30.2 Å². The van der Waals surface area contributed by atoms with Gasteiger partial charge in [0, 0.05) is 36.4 Å². The highest BCUT2D eigenvalue weighted by Crippen LogP contribution is 2.32. The van der Waals surface area contributed by atoms with Crippen LogP contribution in [0.4, 0.5) is 11.4 Å². The molecule has 124 valence electrons. The van der Waals surface area contributed by atoms with Gasteiger partial charge in [-0.05, 0) is 31.0 Å². The number of carbonyl (C=O) groups excluding carboxylic acids is 2. The number of Topliss-reactive ketones (excluding diaryl/α,β-unsaturated/α-hetero) is 1. The zero-order valence-corrected chi connectivity index (χ0v) is 14.0. The van der Waals surface area contributed by atoms with Crippen LogP contribution in [0.15, 0.2) is 30.3 Å². The number of anilines is 1. The van der Waals surface area contributed by atoms with Gasteiger partial charge in [0.1, 0.15) is 0 Å². The molecule has 1 aromatic carbocycles. The number of nitro groups is 1. The predicted octanol–water partition coefficient (Wildman–Crippen LogP) is 3.52. The maximum atomic E-state index is 12.4. The van der Waals surface area contributed by atoms with E-state index in [4.69, 9.17) is 0 Å². The Morgan fingerprint density at radius 3 is 2.71 bits per heavy atom. The van der Waals surface area contributed by atoms with Crippen LogP contribution in [0.5, 0.6) is 0 Å². The van der Waals surface area contributed by atoms with E-state index in [1.54, 1.807) is 17.0 Å². The summed E-state index contributed by atoms with van der Waals surface area (Å²) in [6.45, 7) is 2.43. The van der Waals surface area contributed by atoms with E-state index >= 15 is 0 Å². The third-order valence-corrected chi connectivity index (χ3v) is 5.10. The van der Waals surface area contributed by atoms with E-state index < -0.39 is 4.92 Å². The molecule has 0 fully saturated rings. The van der Waals surface area contributed by atoms with E-state index in [9.17, 15) is 19.7 Å². The van der Waals surface area contributed by atoms with Gasteiger partial charge in [-0.25, -0.2) is 0 Å². The maximum Gasteiger partial charge on any atom is 0.271 e. The number of non-ortho nitro benzene ring substituents is 1. The second-order valence-corrected chi connectivity index (χ2v) is 6.99. The molecule has 0 unspecified atom stereocenters. The van der Waals surface area contributed by atoms with Crippen LogP contribution in [0.25, 0.3) is 0 Å². The molecule has 1 aliphatic rings. The van der Waals surface area contributed by atoms with Gasteiger partial charge in [0.2, 0.25) is 5.91 Å². The standard InChI is InChI=1S/C17H16N2O4S/c1-11-2-6-16(24-11)15(20)5-7-17(21)18-9-8-12-3-4-13(19(22)23)10-14(12)18/h2-4,6,10H,5,7-9H2,1H3. The number of nitro benzene ring substituents is 1. The van der Waals surface area contributed by atoms with Gasteiger partial charge in [0.15, 0.2) is 5.78 Å². The topological polar surface area (TPSA) is 80.5 Å². The molecule has 0 bridgehead atoms. The summed E-state index contributed by atoms with van der Waals surface area (Å²) < 4.78 is 0. The fourth-order valence-corrected chi connectivity index (χ4v) is 3.64. The van der Waals surface area contributed by atoms with Gasteiger partial charge >= 0.3 is 0 Å². The minimum absolute atomic E-state index is 0.0291. The summed E-state index contributed by atoms with van der Waals surface area (Å²) in [7, 11) is 0. The van der Waals surface area contributed by atoms with Crippen molar-refractivity contribution >= 4 is 34.4 Å². The highest BCUT2D eigenvalue weighted by Gasteiger charge is 2.27. The number of benzene rings is 1. The molecule has 0 aliphatic carbocycles. The number of nitrogens with zero attached hydrogens (tertiary/aromatic N) is 2. The summed E-state index contributed by atoms with van der Waals surface area (Å²) in [4.78, 5) is 38.3. The van der Waals surface area contributed by atoms with Crippen LogP contribution < -0.4 is 4.90 Å². The Morgan fingerprint density at radius 2 is 2.04 bits per heavy atom. The number of rotatable bonds is 5. The first-order valence-electron chi connectivity index (χ1n) is 7.63. The van der Waals surface area contributed by atoms with Crippen molar-refractivity contribution in [3.8, 4) is 0 Å². The number of ketones is 1. The number of hydrogen-bond donors (Lipinski definition) is 0. The zero-order valence-electron chi connectivity index (χ0n) is 13.2. The number of aryl methyl sites for hydroxylation is 1. The average molecular weight is 344 g/mol. The predicted molar refractivity (Wildman–Crippen MR) is 91.8 cm³/mol. The molecule has 24 heavy (non-hydrogen) atoms. The number of fused-ring (bicyclic) bond motifs is 1. The fraction of sp³-hybridized carbons (Fsp3) is 0.294. The Kier molecular flexibility index (Phi) is 4.44. The van der Waals surface area contributed by atoms with Crippen molar-refractivity contribution in [2.45, 2.75) is 26.2 Å². The third-order valence-electron chi connectivity index (χ3n) is 4.06. The molecule has 0 radical (unpaired) electrons. The largest absolute Gasteiger partial charge is 0.312 e. The van der Waals surface area contributed by atoms with Crippen molar-refractivity contribution in [2.75, 3.05) is 11.4 Å². The van der Waals surface area contributed by atoms with Crippen molar-refractivity contribution in [2.24, 2.45) is 0 Å². The van der Waals surface area contributed by atoms with Crippen LogP contribution >= 0.6 is 11.3 Å². The van der Waals surface area contributed by atoms with E-state index in [2.05, 4.69) is 0 Å². The number of carbonyl (C=O) groups is 2. The molecule has 2 heterocycles.